The normalized spacial score (nSPS) is 8.83. The fourth-order valence-electron chi connectivity index (χ4n) is 0.795. The minimum Gasteiger partial charge on any atom is -0.143 e. The number of hydrogen-bond donors (Lipinski definition) is 1. The highest BCUT2D eigenvalue weighted by atomic mass is 35.5. The van der Waals surface area contributed by atoms with Gasteiger partial charge in [0.1, 0.15) is 0 Å². The largest absolute Gasteiger partial charge is 0.143 e. The SMILES string of the molecule is Sc1cccc(C#CCCCl)c1. The topological polar surface area (TPSA) is 0 Å². The lowest BCUT2D eigenvalue weighted by atomic mass is 10.2. The van der Waals surface area contributed by atoms with Gasteiger partial charge in [0, 0.05) is 22.8 Å². The molecule has 0 spiro atoms. The van der Waals surface area contributed by atoms with Crippen LogP contribution in [-0.4, -0.2) is 5.88 Å². The molecule has 0 radical (unpaired) electrons. The maximum absolute atomic E-state index is 5.48. The first-order chi connectivity index (χ1) is 5.83. The van der Waals surface area contributed by atoms with E-state index in [1.54, 1.807) is 0 Å². The quantitative estimate of drug-likeness (QED) is 0.399. The Morgan fingerprint density at radius 1 is 1.42 bits per heavy atom. The monoisotopic (exact) mass is 196 g/mol. The maximum Gasteiger partial charge on any atom is 0.0333 e. The van der Waals surface area contributed by atoms with Crippen molar-refractivity contribution in [2.45, 2.75) is 11.3 Å². The van der Waals surface area contributed by atoms with Gasteiger partial charge in [0.15, 0.2) is 0 Å². The number of alkyl halides is 1. The first-order valence-corrected chi connectivity index (χ1v) is 4.65. The highest BCUT2D eigenvalue weighted by Gasteiger charge is 1.86. The fourth-order valence-corrected chi connectivity index (χ4v) is 1.12. The number of halogens is 1. The highest BCUT2D eigenvalue weighted by Crippen LogP contribution is 2.07. The summed E-state index contributed by atoms with van der Waals surface area (Å²) in [6.45, 7) is 0. The Hall–Kier alpha value is -0.580. The van der Waals surface area contributed by atoms with E-state index >= 15 is 0 Å². The van der Waals surface area contributed by atoms with Crippen LogP contribution in [0.3, 0.4) is 0 Å². The van der Waals surface area contributed by atoms with E-state index in [1.807, 2.05) is 24.3 Å². The summed E-state index contributed by atoms with van der Waals surface area (Å²) in [5.41, 5.74) is 0.993. The van der Waals surface area contributed by atoms with Gasteiger partial charge in [0.05, 0.1) is 0 Å². The zero-order valence-corrected chi connectivity index (χ0v) is 8.20. The van der Waals surface area contributed by atoms with E-state index in [0.717, 1.165) is 16.9 Å². The standard InChI is InChI=1S/C10H9ClS/c11-7-2-1-4-9-5-3-6-10(12)8-9/h3,5-6,8,12H,2,7H2. The van der Waals surface area contributed by atoms with Crippen molar-refractivity contribution < 1.29 is 0 Å². The Kier molecular flexibility index (Phi) is 4.07. The average Bonchev–Trinajstić information content (AvgIpc) is 2.05. The molecule has 0 atom stereocenters. The van der Waals surface area contributed by atoms with E-state index in [0.29, 0.717) is 5.88 Å². The minimum atomic E-state index is 0.591. The lowest BCUT2D eigenvalue weighted by Gasteiger charge is -1.90. The molecule has 0 unspecified atom stereocenters. The average molecular weight is 197 g/mol. The molecule has 0 amide bonds. The van der Waals surface area contributed by atoms with Crippen LogP contribution in [0.1, 0.15) is 12.0 Å². The van der Waals surface area contributed by atoms with Crippen LogP contribution >= 0.6 is 24.2 Å². The highest BCUT2D eigenvalue weighted by molar-refractivity contribution is 7.80. The molecule has 0 saturated heterocycles. The summed E-state index contributed by atoms with van der Waals surface area (Å²) in [5, 5.41) is 0. The fraction of sp³-hybridized carbons (Fsp3) is 0.200. The van der Waals surface area contributed by atoms with Gasteiger partial charge in [0.25, 0.3) is 0 Å². The minimum absolute atomic E-state index is 0.591. The molecule has 1 aromatic carbocycles. The van der Waals surface area contributed by atoms with E-state index in [4.69, 9.17) is 11.6 Å². The molecule has 0 bridgehead atoms. The van der Waals surface area contributed by atoms with Gasteiger partial charge in [-0.05, 0) is 18.2 Å². The van der Waals surface area contributed by atoms with Crippen molar-refractivity contribution in [1.82, 2.24) is 0 Å². The van der Waals surface area contributed by atoms with Crippen molar-refractivity contribution in [3.8, 4) is 11.8 Å². The Morgan fingerprint density at radius 2 is 2.25 bits per heavy atom. The predicted molar refractivity (Wildman–Crippen MR) is 55.9 cm³/mol. The molecule has 62 valence electrons. The van der Waals surface area contributed by atoms with Gasteiger partial charge in [-0.25, -0.2) is 0 Å². The molecule has 0 aromatic heterocycles. The van der Waals surface area contributed by atoms with Crippen molar-refractivity contribution >= 4 is 24.2 Å². The summed E-state index contributed by atoms with van der Waals surface area (Å²) < 4.78 is 0. The predicted octanol–water partition coefficient (Wildman–Crippen LogP) is 2.96. The van der Waals surface area contributed by atoms with Crippen molar-refractivity contribution in [2.24, 2.45) is 0 Å². The summed E-state index contributed by atoms with van der Waals surface area (Å²) in [6.07, 6.45) is 0.734. The molecule has 1 aromatic rings. The van der Waals surface area contributed by atoms with E-state index < -0.39 is 0 Å². The first-order valence-electron chi connectivity index (χ1n) is 3.67. The van der Waals surface area contributed by atoms with Crippen LogP contribution in [-0.2, 0) is 0 Å². The van der Waals surface area contributed by atoms with Crippen LogP contribution in [0.15, 0.2) is 29.2 Å². The molecule has 0 aliphatic rings. The molecule has 0 heterocycles. The summed E-state index contributed by atoms with van der Waals surface area (Å²) >= 11 is 9.69. The molecule has 0 aliphatic heterocycles. The van der Waals surface area contributed by atoms with Crippen LogP contribution in [0.4, 0.5) is 0 Å². The van der Waals surface area contributed by atoms with Gasteiger partial charge >= 0.3 is 0 Å². The second kappa shape index (κ2) is 5.13. The Labute approximate surface area is 83.3 Å². The number of benzene rings is 1. The Bertz CT molecular complexity index is 309. The molecule has 0 saturated carbocycles. The third-order valence-corrected chi connectivity index (χ3v) is 1.77. The third kappa shape index (κ3) is 3.21. The second-order valence-corrected chi connectivity index (χ2v) is 3.19. The van der Waals surface area contributed by atoms with E-state index in [2.05, 4.69) is 24.5 Å². The maximum atomic E-state index is 5.48. The molecule has 2 heteroatoms. The van der Waals surface area contributed by atoms with Gasteiger partial charge in [-0.15, -0.1) is 24.2 Å². The van der Waals surface area contributed by atoms with Gasteiger partial charge in [0.2, 0.25) is 0 Å². The summed E-state index contributed by atoms with van der Waals surface area (Å²) in [4.78, 5) is 0.938. The van der Waals surface area contributed by atoms with Crippen LogP contribution < -0.4 is 0 Å². The molecule has 0 fully saturated rings. The molecule has 0 N–H and O–H groups in total. The number of thiol groups is 1. The smallest absolute Gasteiger partial charge is 0.0333 e. The number of hydrogen-bond acceptors (Lipinski definition) is 1. The van der Waals surface area contributed by atoms with Gasteiger partial charge in [-0.3, -0.25) is 0 Å². The Balaban J connectivity index is 2.71. The second-order valence-electron chi connectivity index (χ2n) is 2.29. The van der Waals surface area contributed by atoms with Crippen molar-refractivity contribution in [1.29, 1.82) is 0 Å². The lowest BCUT2D eigenvalue weighted by molar-refractivity contribution is 1.29. The molecule has 0 aliphatic carbocycles. The summed E-state index contributed by atoms with van der Waals surface area (Å²) in [7, 11) is 0. The first kappa shape index (κ1) is 9.51. The van der Waals surface area contributed by atoms with Crippen molar-refractivity contribution in [3.05, 3.63) is 29.8 Å². The van der Waals surface area contributed by atoms with Crippen molar-refractivity contribution in [3.63, 3.8) is 0 Å². The van der Waals surface area contributed by atoms with Crippen molar-refractivity contribution in [2.75, 3.05) is 5.88 Å². The summed E-state index contributed by atoms with van der Waals surface area (Å²) in [6, 6.07) is 7.76. The summed E-state index contributed by atoms with van der Waals surface area (Å²) in [5.74, 6) is 6.56. The van der Waals surface area contributed by atoms with Gasteiger partial charge in [-0.2, -0.15) is 0 Å². The lowest BCUT2D eigenvalue weighted by Crippen LogP contribution is -1.74. The van der Waals surface area contributed by atoms with Crippen LogP contribution in [0.2, 0.25) is 0 Å². The molecule has 12 heavy (non-hydrogen) atoms. The van der Waals surface area contributed by atoms with Gasteiger partial charge < -0.3 is 0 Å². The zero-order chi connectivity index (χ0) is 8.81. The molecular formula is C10H9ClS. The Morgan fingerprint density at radius 3 is 2.92 bits per heavy atom. The molecular weight excluding hydrogens is 188 g/mol. The van der Waals surface area contributed by atoms with Crippen LogP contribution in [0.5, 0.6) is 0 Å². The zero-order valence-electron chi connectivity index (χ0n) is 6.55. The number of rotatable bonds is 1. The third-order valence-electron chi connectivity index (χ3n) is 1.30. The van der Waals surface area contributed by atoms with Crippen LogP contribution in [0.25, 0.3) is 0 Å². The van der Waals surface area contributed by atoms with E-state index in [-0.39, 0.29) is 0 Å². The molecule has 0 nitrogen and oxygen atoms in total. The van der Waals surface area contributed by atoms with E-state index in [1.165, 1.54) is 0 Å². The van der Waals surface area contributed by atoms with Gasteiger partial charge in [-0.1, -0.05) is 17.9 Å². The van der Waals surface area contributed by atoms with E-state index in [9.17, 15) is 0 Å². The molecule has 1 rings (SSSR count). The van der Waals surface area contributed by atoms with Crippen LogP contribution in [0, 0.1) is 11.8 Å².